The number of aliphatic hydroxyl groups excluding tert-OH is 3. The predicted molar refractivity (Wildman–Crippen MR) is 489 cm³/mol. The summed E-state index contributed by atoms with van der Waals surface area (Å²) in [7, 11) is 8.97. The lowest BCUT2D eigenvalue weighted by atomic mass is 9.78. The van der Waals surface area contributed by atoms with E-state index in [0.717, 1.165) is 17.6 Å². The quantitative estimate of drug-likeness (QED) is 0.0688. The van der Waals surface area contributed by atoms with Crippen LogP contribution < -0.4 is 0 Å². The number of ether oxygens (including phenoxy) is 10. The number of esters is 2. The molecule has 130 heavy (non-hydrogen) atoms. The van der Waals surface area contributed by atoms with Crippen molar-refractivity contribution in [1.29, 1.82) is 0 Å². The smallest absolute Gasteiger partial charge is 0.329 e. The van der Waals surface area contributed by atoms with Gasteiger partial charge in [0.15, 0.2) is 17.3 Å². The van der Waals surface area contributed by atoms with Gasteiger partial charge in [-0.3, -0.25) is 43.2 Å². The van der Waals surface area contributed by atoms with Crippen molar-refractivity contribution in [2.45, 2.75) is 354 Å². The van der Waals surface area contributed by atoms with Crippen molar-refractivity contribution in [3.63, 3.8) is 0 Å². The topological polar surface area (TPSA) is 388 Å². The second-order valence-electron chi connectivity index (χ2n) is 39.0. The second kappa shape index (κ2) is 52.2. The van der Waals surface area contributed by atoms with Gasteiger partial charge >= 0.3 is 11.9 Å². The molecule has 23 unspecified atom stereocenters. The van der Waals surface area contributed by atoms with Gasteiger partial charge in [0.25, 0.3) is 23.4 Å². The average Bonchev–Trinajstić information content (AvgIpc) is 0.774. The van der Waals surface area contributed by atoms with Gasteiger partial charge in [-0.2, -0.15) is 0 Å². The summed E-state index contributed by atoms with van der Waals surface area (Å²) in [4.78, 5) is 156. The van der Waals surface area contributed by atoms with Gasteiger partial charge in [-0.05, 0) is 207 Å². The Morgan fingerprint density at radius 3 is 1.22 bits per heavy atom. The van der Waals surface area contributed by atoms with Crippen LogP contribution in [0.15, 0.2) is 95.2 Å². The van der Waals surface area contributed by atoms with Gasteiger partial charge in [-0.25, -0.2) is 9.59 Å². The third-order valence-electron chi connectivity index (χ3n) is 28.8. The molecule has 6 aliphatic heterocycles. The minimum absolute atomic E-state index is 0.0155. The zero-order chi connectivity index (χ0) is 96.3. The maximum absolute atomic E-state index is 14.4. The number of carbonyl (C=O) groups is 11. The van der Waals surface area contributed by atoms with Crippen LogP contribution in [0.1, 0.15) is 251 Å². The molecule has 0 spiro atoms. The first-order valence-electron chi connectivity index (χ1n) is 47.7. The van der Waals surface area contributed by atoms with E-state index in [-0.39, 0.29) is 109 Å². The number of ketones is 7. The van der Waals surface area contributed by atoms with Crippen molar-refractivity contribution >= 4 is 64.2 Å². The van der Waals surface area contributed by atoms with Gasteiger partial charge in [0.1, 0.15) is 66.4 Å². The average molecular weight is 1830 g/mol. The van der Waals surface area contributed by atoms with Crippen LogP contribution in [-0.4, -0.2) is 258 Å². The fraction of sp³-hybridized carbons (Fsp3) is 0.735. The number of piperidine rings is 2. The number of fused-ring (bicyclic) bond motifs is 6. The fourth-order valence-electron chi connectivity index (χ4n) is 20.1. The summed E-state index contributed by atoms with van der Waals surface area (Å²) in [6, 6.07) is -2.29. The maximum Gasteiger partial charge on any atom is 0.329 e. The van der Waals surface area contributed by atoms with Gasteiger partial charge < -0.3 is 82.7 Å². The van der Waals surface area contributed by atoms with Crippen LogP contribution in [0.2, 0.25) is 0 Å². The maximum atomic E-state index is 14.4. The van der Waals surface area contributed by atoms with Crippen molar-refractivity contribution in [1.82, 2.24) is 9.80 Å². The van der Waals surface area contributed by atoms with E-state index in [0.29, 0.717) is 133 Å². The Hall–Kier alpha value is -7.03. The molecule has 8 rings (SSSR count). The Kier molecular flexibility index (Phi) is 44.1. The Labute approximate surface area is 771 Å². The number of hydrogen-bond donors (Lipinski definition) is 5. The molecule has 6 fully saturated rings. The second-order valence-corrected chi connectivity index (χ2v) is 39.0. The molecule has 28 nitrogen and oxygen atoms in total. The van der Waals surface area contributed by atoms with E-state index in [1.165, 1.54) is 31.1 Å². The summed E-state index contributed by atoms with van der Waals surface area (Å²) in [5.41, 5.74) is 2.52. The summed E-state index contributed by atoms with van der Waals surface area (Å²) >= 11 is 0. The molecule has 0 aromatic heterocycles. The number of amides is 2. The molecule has 2 saturated carbocycles. The van der Waals surface area contributed by atoms with Crippen LogP contribution in [-0.2, 0) is 100 Å². The minimum Gasteiger partial charge on any atom is -0.460 e. The van der Waals surface area contributed by atoms with Crippen molar-refractivity contribution in [3.8, 4) is 0 Å². The highest BCUT2D eigenvalue weighted by molar-refractivity contribution is 6.39. The summed E-state index contributed by atoms with van der Waals surface area (Å²) in [6.45, 7) is 25.4. The third kappa shape index (κ3) is 30.0. The zero-order valence-electron chi connectivity index (χ0n) is 81.1. The Morgan fingerprint density at radius 2 is 0.831 bits per heavy atom. The van der Waals surface area contributed by atoms with Gasteiger partial charge in [0.05, 0.1) is 36.6 Å². The number of nitrogens with zero attached hydrogens (tertiary/aromatic N) is 2. The molecule has 2 aliphatic carbocycles. The lowest BCUT2D eigenvalue weighted by Crippen LogP contribution is -2.61. The van der Waals surface area contributed by atoms with Crippen LogP contribution in [0.4, 0.5) is 0 Å². The number of hydrogen-bond acceptors (Lipinski definition) is 26. The number of rotatable bonds is 12. The molecule has 730 valence electrons. The third-order valence-corrected chi connectivity index (χ3v) is 28.8. The first-order chi connectivity index (χ1) is 61.5. The number of allylic oxidation sites excluding steroid dienone is 12. The van der Waals surface area contributed by atoms with E-state index in [1.807, 2.05) is 116 Å². The Bertz CT molecular complexity index is 4060. The normalized spacial score (nSPS) is 39.2. The molecule has 6 heterocycles. The van der Waals surface area contributed by atoms with Gasteiger partial charge in [-0.1, -0.05) is 142 Å². The van der Waals surface area contributed by atoms with Crippen LogP contribution >= 0.6 is 0 Å². The van der Waals surface area contributed by atoms with E-state index in [1.54, 1.807) is 75.0 Å². The lowest BCUT2D eigenvalue weighted by Gasteiger charge is -2.42. The molecule has 4 saturated heterocycles. The molecule has 0 aromatic rings. The molecule has 8 aliphatic rings. The van der Waals surface area contributed by atoms with Gasteiger partial charge in [0, 0.05) is 123 Å². The molecule has 29 atom stereocenters. The standard InChI is InChI=1S/C51H79NO13.C51H77NO13/c2*1-30-16-12-11-13-17-31(2)42(61-8)28-38-21-19-36(7)51(60,65-38)48(57)49(58)52-23-15-14-18-39(52)50(59)64-43(33(4)26-37-20-22-40(53)44(27-37)62-9)29-41(54)32(3)25-35(6)46(56)47(63-10)45(55)34(5)24-30/h11-13,16-17,25,30,32-34,36-40,42-44,46-47,53,56,60H,14-15,18-24,26-29H2,1-10H3;11-13,16-17,25,30,32-34,36-39,42-44,46-47,56,60H,14-15,18-24,26-29H2,1-10H3/b13-11?,16-12+,31-17?,35-25+;13-11+,16-12+,31-17+,35-25+/t30?,32?,33?,34-,36-,37?,38?,39+,40?,42?,43?,44?,46?,47?,51?;30?,32?,33?,34-,36-,37?,38?,39+,42?,43?,44?,46?,47?,51?/m11/s1. The van der Waals surface area contributed by atoms with Gasteiger partial charge in [0.2, 0.25) is 11.6 Å². The number of methoxy groups -OCH3 is 6. The first kappa shape index (κ1) is 110. The molecule has 5 N–H and O–H groups in total. The van der Waals surface area contributed by atoms with Crippen LogP contribution in [0.3, 0.4) is 0 Å². The summed E-state index contributed by atoms with van der Waals surface area (Å²) < 4.78 is 58.6. The highest BCUT2D eigenvalue weighted by Gasteiger charge is 2.56. The first-order valence-corrected chi connectivity index (χ1v) is 47.7. The van der Waals surface area contributed by atoms with Crippen LogP contribution in [0.5, 0.6) is 0 Å². The summed E-state index contributed by atoms with van der Waals surface area (Å²) in [5.74, 6) is -16.1. The van der Waals surface area contributed by atoms with Crippen LogP contribution in [0, 0.1) is 71.0 Å². The molecule has 0 radical (unpaired) electrons. The van der Waals surface area contributed by atoms with Crippen molar-refractivity contribution in [3.05, 3.63) is 95.2 Å². The Balaban J connectivity index is 0.000000356. The molecular formula is C102H156N2O26. The minimum atomic E-state index is -2.43. The summed E-state index contributed by atoms with van der Waals surface area (Å²) in [6.07, 6.45) is 22.2. The molecule has 28 heteroatoms. The van der Waals surface area contributed by atoms with E-state index < -0.39 is 168 Å². The van der Waals surface area contributed by atoms with E-state index in [4.69, 9.17) is 47.4 Å². The van der Waals surface area contributed by atoms with Gasteiger partial charge in [-0.15, -0.1) is 0 Å². The molecular weight excluding hydrogens is 1670 g/mol. The highest BCUT2D eigenvalue weighted by Crippen LogP contribution is 2.42. The van der Waals surface area contributed by atoms with E-state index in [2.05, 4.69) is 0 Å². The van der Waals surface area contributed by atoms with E-state index in [9.17, 15) is 78.3 Å². The largest absolute Gasteiger partial charge is 0.460 e. The van der Waals surface area contributed by atoms with Crippen molar-refractivity contribution in [2.75, 3.05) is 55.7 Å². The predicted octanol–water partition coefficient (Wildman–Crippen LogP) is 12.6. The van der Waals surface area contributed by atoms with E-state index >= 15 is 0 Å². The zero-order valence-corrected chi connectivity index (χ0v) is 81.1. The lowest BCUT2D eigenvalue weighted by molar-refractivity contribution is -0.265. The molecule has 4 bridgehead atoms. The SMILES string of the molecule is COC1CC(CC(C)C2CC(=O)C(C)/C=C(\C)C(O)C(OC)C(=O)[C@H](C)CC(C)/C=C/C=C/C=C(\C)C(OC)CC3CC[C@@H](C)C(O)(O3)C(=O)C(=O)N3CCCC[C@H]3C(=O)O2)CCC1=O.COC1CC2CC[C@@H](C)C(O)(O2)C(=O)C(=O)N2CCCC[C@H]2C(=O)OC(C(C)CC2CCC(O)C(OC)C2)CC(=O)C(C)/C=C(\C)C(O)C(OC)C(=O)[C@H](C)CC(C)/C=C/C=CC=C1C. The number of Topliss-reactive ketones (excluding diaryl/α,β-unsaturated/α-hetero) is 7. The Morgan fingerprint density at radius 1 is 0.431 bits per heavy atom. The van der Waals surface area contributed by atoms with Crippen LogP contribution in [0.25, 0.3) is 0 Å². The molecule has 0 aromatic carbocycles. The molecule has 2 amide bonds. The highest BCUT2D eigenvalue weighted by atomic mass is 16.6. The number of cyclic esters (lactones) is 2. The summed E-state index contributed by atoms with van der Waals surface area (Å²) in [5, 5.41) is 57.2. The number of carbonyl (C=O) groups excluding carboxylic acids is 11. The number of aliphatic hydroxyl groups is 5. The van der Waals surface area contributed by atoms with Crippen molar-refractivity contribution < 1.29 is 126 Å². The van der Waals surface area contributed by atoms with Crippen molar-refractivity contribution in [2.24, 2.45) is 71.0 Å². The monoisotopic (exact) mass is 1830 g/mol. The fourth-order valence-corrected chi connectivity index (χ4v) is 20.1.